The van der Waals surface area contributed by atoms with Gasteiger partial charge < -0.3 is 5.32 Å². The van der Waals surface area contributed by atoms with Gasteiger partial charge in [-0.1, -0.05) is 34.1 Å². The molecule has 18 heavy (non-hydrogen) atoms. The first-order chi connectivity index (χ1) is 8.72. The van der Waals surface area contributed by atoms with Crippen molar-refractivity contribution in [1.29, 1.82) is 0 Å². The zero-order valence-electron chi connectivity index (χ0n) is 13.0. The Bertz CT molecular complexity index is 199. The number of nitrogens with one attached hydrogen (secondary N) is 1. The van der Waals surface area contributed by atoms with Crippen LogP contribution in [0.3, 0.4) is 0 Å². The molecule has 1 fully saturated rings. The number of rotatable bonds is 8. The number of hydrogen-bond acceptors (Lipinski definition) is 2. The van der Waals surface area contributed by atoms with Gasteiger partial charge in [-0.2, -0.15) is 0 Å². The van der Waals surface area contributed by atoms with Crippen LogP contribution < -0.4 is 5.32 Å². The maximum Gasteiger partial charge on any atom is 0.0224 e. The molecule has 1 aliphatic rings. The molecule has 108 valence electrons. The van der Waals surface area contributed by atoms with Gasteiger partial charge in [0.05, 0.1) is 0 Å². The molecule has 0 aliphatic carbocycles. The minimum Gasteiger partial charge on any atom is -0.315 e. The fourth-order valence-corrected chi connectivity index (χ4v) is 3.21. The van der Waals surface area contributed by atoms with Gasteiger partial charge in [0.15, 0.2) is 0 Å². The Morgan fingerprint density at radius 1 is 1.22 bits per heavy atom. The summed E-state index contributed by atoms with van der Waals surface area (Å²) in [6, 6.07) is 1.58. The van der Waals surface area contributed by atoms with E-state index in [1.807, 2.05) is 0 Å². The lowest BCUT2D eigenvalue weighted by molar-refractivity contribution is 0.0934. The molecule has 3 atom stereocenters. The van der Waals surface area contributed by atoms with Crippen LogP contribution in [0.15, 0.2) is 0 Å². The summed E-state index contributed by atoms with van der Waals surface area (Å²) in [5, 5.41) is 3.58. The Kier molecular flexibility index (Phi) is 7.92. The van der Waals surface area contributed by atoms with Crippen LogP contribution in [0.1, 0.15) is 66.2 Å². The van der Waals surface area contributed by atoms with Gasteiger partial charge in [-0.15, -0.1) is 0 Å². The molecular weight excluding hydrogens is 220 g/mol. The lowest BCUT2D eigenvalue weighted by atomic mass is 9.94. The Hall–Kier alpha value is -0.0800. The highest BCUT2D eigenvalue weighted by Gasteiger charge is 2.26. The van der Waals surface area contributed by atoms with E-state index in [1.54, 1.807) is 0 Å². The fraction of sp³-hybridized carbons (Fsp3) is 1.00. The van der Waals surface area contributed by atoms with Crippen molar-refractivity contribution in [2.75, 3.05) is 19.6 Å². The van der Waals surface area contributed by atoms with Crippen molar-refractivity contribution in [1.82, 2.24) is 10.2 Å². The third-order valence-corrected chi connectivity index (χ3v) is 4.53. The molecule has 2 heteroatoms. The number of piperidine rings is 1. The summed E-state index contributed by atoms with van der Waals surface area (Å²) in [7, 11) is 0. The van der Waals surface area contributed by atoms with E-state index in [-0.39, 0.29) is 0 Å². The van der Waals surface area contributed by atoms with Gasteiger partial charge in [-0.3, -0.25) is 4.90 Å². The largest absolute Gasteiger partial charge is 0.315 e. The molecule has 1 saturated heterocycles. The van der Waals surface area contributed by atoms with Crippen LogP contribution in [-0.4, -0.2) is 36.6 Å². The van der Waals surface area contributed by atoms with Crippen molar-refractivity contribution in [2.24, 2.45) is 5.92 Å². The highest BCUT2D eigenvalue weighted by Crippen LogP contribution is 2.22. The molecule has 1 aliphatic heterocycles. The number of hydrogen-bond donors (Lipinski definition) is 1. The first-order valence-electron chi connectivity index (χ1n) is 8.19. The second-order valence-electron chi connectivity index (χ2n) is 6.05. The second-order valence-corrected chi connectivity index (χ2v) is 6.05. The molecule has 0 amide bonds. The van der Waals surface area contributed by atoms with Crippen LogP contribution in [0.4, 0.5) is 0 Å². The van der Waals surface area contributed by atoms with Crippen LogP contribution in [0, 0.1) is 5.92 Å². The average molecular weight is 254 g/mol. The molecule has 1 rings (SSSR count). The molecule has 0 saturated carbocycles. The van der Waals surface area contributed by atoms with E-state index in [9.17, 15) is 0 Å². The van der Waals surface area contributed by atoms with E-state index in [0.717, 1.165) is 18.0 Å². The molecule has 0 spiro atoms. The van der Waals surface area contributed by atoms with Crippen LogP contribution >= 0.6 is 0 Å². The molecule has 1 heterocycles. The smallest absolute Gasteiger partial charge is 0.0224 e. The molecule has 0 aromatic heterocycles. The minimum atomic E-state index is 0.785. The molecular formula is C16H34N2. The zero-order chi connectivity index (χ0) is 13.4. The maximum absolute atomic E-state index is 3.58. The van der Waals surface area contributed by atoms with Gasteiger partial charge in [-0.25, -0.2) is 0 Å². The van der Waals surface area contributed by atoms with E-state index >= 15 is 0 Å². The van der Waals surface area contributed by atoms with Crippen molar-refractivity contribution in [3.63, 3.8) is 0 Å². The quantitative estimate of drug-likeness (QED) is 0.711. The van der Waals surface area contributed by atoms with Crippen LogP contribution in [0.25, 0.3) is 0 Å². The molecule has 0 aromatic rings. The maximum atomic E-state index is 3.58. The van der Waals surface area contributed by atoms with Crippen molar-refractivity contribution in [3.8, 4) is 0 Å². The van der Waals surface area contributed by atoms with E-state index < -0.39 is 0 Å². The lowest BCUT2D eigenvalue weighted by Crippen LogP contribution is -2.51. The Balaban J connectivity index is 2.60. The summed E-state index contributed by atoms with van der Waals surface area (Å²) in [4.78, 5) is 2.82. The molecule has 0 radical (unpaired) electrons. The van der Waals surface area contributed by atoms with Gasteiger partial charge in [0.1, 0.15) is 0 Å². The lowest BCUT2D eigenvalue weighted by Gasteiger charge is -2.40. The number of nitrogens with zero attached hydrogens (tertiary/aromatic N) is 1. The topological polar surface area (TPSA) is 15.3 Å². The predicted octanol–water partition coefficient (Wildman–Crippen LogP) is 3.67. The summed E-state index contributed by atoms with van der Waals surface area (Å²) in [6.45, 7) is 13.1. The van der Waals surface area contributed by atoms with E-state index in [0.29, 0.717) is 0 Å². The fourth-order valence-electron chi connectivity index (χ4n) is 3.21. The zero-order valence-corrected chi connectivity index (χ0v) is 13.0. The van der Waals surface area contributed by atoms with Gasteiger partial charge >= 0.3 is 0 Å². The van der Waals surface area contributed by atoms with Crippen LogP contribution in [0.5, 0.6) is 0 Å². The first-order valence-corrected chi connectivity index (χ1v) is 8.19. The van der Waals surface area contributed by atoms with Crippen molar-refractivity contribution in [2.45, 2.75) is 78.3 Å². The highest BCUT2D eigenvalue weighted by atomic mass is 15.2. The highest BCUT2D eigenvalue weighted by molar-refractivity contribution is 4.83. The van der Waals surface area contributed by atoms with Gasteiger partial charge in [0.2, 0.25) is 0 Å². The first kappa shape index (κ1) is 16.0. The molecule has 0 bridgehead atoms. The van der Waals surface area contributed by atoms with Gasteiger partial charge in [0, 0.05) is 18.6 Å². The van der Waals surface area contributed by atoms with Gasteiger partial charge in [0.25, 0.3) is 0 Å². The molecule has 0 aromatic carbocycles. The predicted molar refractivity (Wildman–Crippen MR) is 81.0 cm³/mol. The summed E-state index contributed by atoms with van der Waals surface area (Å²) in [6.07, 6.45) is 8.03. The van der Waals surface area contributed by atoms with Gasteiger partial charge in [-0.05, 0) is 51.1 Å². The third kappa shape index (κ3) is 4.89. The van der Waals surface area contributed by atoms with Crippen molar-refractivity contribution < 1.29 is 0 Å². The van der Waals surface area contributed by atoms with Crippen LogP contribution in [0.2, 0.25) is 0 Å². The minimum absolute atomic E-state index is 0.785. The van der Waals surface area contributed by atoms with Crippen LogP contribution in [-0.2, 0) is 0 Å². The Morgan fingerprint density at radius 3 is 2.50 bits per heavy atom. The van der Waals surface area contributed by atoms with Crippen molar-refractivity contribution in [3.05, 3.63) is 0 Å². The summed E-state index contributed by atoms with van der Waals surface area (Å²) in [5.41, 5.74) is 0. The average Bonchev–Trinajstić information content (AvgIpc) is 2.43. The second kappa shape index (κ2) is 8.92. The summed E-state index contributed by atoms with van der Waals surface area (Å²) in [5.74, 6) is 0.867. The third-order valence-electron chi connectivity index (χ3n) is 4.53. The molecule has 1 N–H and O–H groups in total. The summed E-state index contributed by atoms with van der Waals surface area (Å²) >= 11 is 0. The standard InChI is InChI=1S/C16H34N2/c1-5-11-18(16-9-8-10-17-13-16)15(7-3)12-14(4)6-2/h14-17H,5-13H2,1-4H3. The summed E-state index contributed by atoms with van der Waals surface area (Å²) < 4.78 is 0. The van der Waals surface area contributed by atoms with Crippen molar-refractivity contribution >= 4 is 0 Å². The Morgan fingerprint density at radius 2 is 2.00 bits per heavy atom. The monoisotopic (exact) mass is 254 g/mol. The van der Waals surface area contributed by atoms with E-state index in [4.69, 9.17) is 0 Å². The van der Waals surface area contributed by atoms with E-state index in [2.05, 4.69) is 37.9 Å². The normalized spacial score (nSPS) is 24.2. The SMILES string of the molecule is CCCN(C1CCCNC1)C(CC)CC(C)CC. The molecule has 2 nitrogen and oxygen atoms in total. The Labute approximate surface area is 115 Å². The molecule has 3 unspecified atom stereocenters. The van der Waals surface area contributed by atoms with E-state index in [1.165, 1.54) is 58.2 Å².